The van der Waals surface area contributed by atoms with E-state index in [1.807, 2.05) is 24.3 Å². The van der Waals surface area contributed by atoms with E-state index in [9.17, 15) is 5.11 Å². The molecule has 0 aromatic heterocycles. The highest BCUT2D eigenvalue weighted by molar-refractivity contribution is 9.10. The lowest BCUT2D eigenvalue weighted by molar-refractivity contribution is 0.0374. The van der Waals surface area contributed by atoms with E-state index in [0.29, 0.717) is 13.0 Å². The molecule has 2 nitrogen and oxygen atoms in total. The van der Waals surface area contributed by atoms with Crippen LogP contribution in [0.3, 0.4) is 0 Å². The van der Waals surface area contributed by atoms with Gasteiger partial charge in [-0.15, -0.1) is 0 Å². The molecule has 15 heavy (non-hydrogen) atoms. The van der Waals surface area contributed by atoms with Crippen molar-refractivity contribution >= 4 is 15.9 Å². The fourth-order valence-electron chi connectivity index (χ4n) is 1.32. The number of halogens is 1. The summed E-state index contributed by atoms with van der Waals surface area (Å²) in [7, 11) is 0. The van der Waals surface area contributed by atoms with Gasteiger partial charge in [-0.1, -0.05) is 35.0 Å². The van der Waals surface area contributed by atoms with Crippen LogP contribution in [0.2, 0.25) is 0 Å². The van der Waals surface area contributed by atoms with Crippen LogP contribution in [0.1, 0.15) is 18.9 Å². The van der Waals surface area contributed by atoms with E-state index in [1.54, 1.807) is 0 Å². The van der Waals surface area contributed by atoms with Gasteiger partial charge < -0.3 is 9.84 Å². The molecule has 0 saturated heterocycles. The average Bonchev–Trinajstić information content (AvgIpc) is 2.22. The highest BCUT2D eigenvalue weighted by atomic mass is 79.9. The summed E-state index contributed by atoms with van der Waals surface area (Å²) >= 11 is 3.38. The van der Waals surface area contributed by atoms with Crippen LogP contribution in [0.5, 0.6) is 0 Å². The van der Waals surface area contributed by atoms with Gasteiger partial charge in [-0.05, 0) is 24.1 Å². The maximum atomic E-state index is 9.66. The van der Waals surface area contributed by atoms with Crippen LogP contribution in [-0.4, -0.2) is 24.4 Å². The van der Waals surface area contributed by atoms with Crippen molar-refractivity contribution in [1.29, 1.82) is 0 Å². The average molecular weight is 273 g/mol. The minimum absolute atomic E-state index is 0.405. The Kier molecular flexibility index (Phi) is 5.91. The van der Waals surface area contributed by atoms with Crippen molar-refractivity contribution in [2.45, 2.75) is 25.9 Å². The molecule has 1 N–H and O–H groups in total. The van der Waals surface area contributed by atoms with Crippen LogP contribution in [0, 0.1) is 0 Å². The number of rotatable bonds is 6. The van der Waals surface area contributed by atoms with Crippen LogP contribution in [0.25, 0.3) is 0 Å². The molecular formula is C12H17BrO2. The predicted molar refractivity (Wildman–Crippen MR) is 65.0 cm³/mol. The van der Waals surface area contributed by atoms with Gasteiger partial charge in [0, 0.05) is 17.5 Å². The second-order valence-corrected chi connectivity index (χ2v) is 4.48. The largest absolute Gasteiger partial charge is 0.390 e. The minimum Gasteiger partial charge on any atom is -0.390 e. The molecule has 0 radical (unpaired) electrons. The molecule has 1 aromatic rings. The topological polar surface area (TPSA) is 29.5 Å². The zero-order chi connectivity index (χ0) is 11.1. The number of benzene rings is 1. The molecule has 0 fully saturated rings. The van der Waals surface area contributed by atoms with Crippen molar-refractivity contribution in [3.63, 3.8) is 0 Å². The molecule has 0 aliphatic carbocycles. The van der Waals surface area contributed by atoms with Crippen LogP contribution in [0.15, 0.2) is 28.7 Å². The molecule has 1 aromatic carbocycles. The van der Waals surface area contributed by atoms with Crippen LogP contribution < -0.4 is 0 Å². The highest BCUT2D eigenvalue weighted by Gasteiger charge is 2.05. The molecule has 1 atom stereocenters. The van der Waals surface area contributed by atoms with Gasteiger partial charge in [0.2, 0.25) is 0 Å². The number of aliphatic hydroxyl groups is 1. The summed E-state index contributed by atoms with van der Waals surface area (Å²) in [6, 6.07) is 7.98. The molecule has 0 aliphatic heterocycles. The van der Waals surface area contributed by atoms with Crippen LogP contribution in [-0.2, 0) is 11.2 Å². The molecule has 84 valence electrons. The maximum absolute atomic E-state index is 9.66. The van der Waals surface area contributed by atoms with Crippen molar-refractivity contribution in [1.82, 2.24) is 0 Å². The summed E-state index contributed by atoms with van der Waals surface area (Å²) in [5.41, 5.74) is 1.13. The maximum Gasteiger partial charge on any atom is 0.0813 e. The molecule has 1 unspecified atom stereocenters. The van der Waals surface area contributed by atoms with E-state index < -0.39 is 6.10 Å². The fourth-order valence-corrected chi connectivity index (χ4v) is 1.58. The van der Waals surface area contributed by atoms with E-state index in [1.165, 1.54) is 0 Å². The van der Waals surface area contributed by atoms with Gasteiger partial charge in [0.05, 0.1) is 12.7 Å². The van der Waals surface area contributed by atoms with Gasteiger partial charge in [0.1, 0.15) is 0 Å². The molecule has 1 rings (SSSR count). The van der Waals surface area contributed by atoms with Gasteiger partial charge in [-0.3, -0.25) is 0 Å². The number of ether oxygens (including phenoxy) is 1. The number of hydrogen-bond donors (Lipinski definition) is 1. The first-order chi connectivity index (χ1) is 7.22. The Hall–Kier alpha value is -0.380. The van der Waals surface area contributed by atoms with Gasteiger partial charge in [0.25, 0.3) is 0 Å². The zero-order valence-electron chi connectivity index (χ0n) is 8.95. The standard InChI is InChI=1S/C12H17BrO2/c1-2-7-15-9-12(14)8-10-3-5-11(13)6-4-10/h3-6,12,14H,2,7-9H2,1H3. The van der Waals surface area contributed by atoms with E-state index in [0.717, 1.165) is 23.1 Å². The molecule has 0 aliphatic rings. The monoisotopic (exact) mass is 272 g/mol. The van der Waals surface area contributed by atoms with Crippen LogP contribution >= 0.6 is 15.9 Å². The first-order valence-electron chi connectivity index (χ1n) is 5.22. The number of aliphatic hydroxyl groups excluding tert-OH is 1. The lowest BCUT2D eigenvalue weighted by Gasteiger charge is -2.10. The summed E-state index contributed by atoms with van der Waals surface area (Å²) in [4.78, 5) is 0. The van der Waals surface area contributed by atoms with Crippen molar-refractivity contribution in [3.05, 3.63) is 34.3 Å². The lowest BCUT2D eigenvalue weighted by atomic mass is 10.1. The minimum atomic E-state index is -0.405. The second kappa shape index (κ2) is 6.99. The predicted octanol–water partition coefficient (Wildman–Crippen LogP) is 2.78. The molecule has 0 heterocycles. The smallest absolute Gasteiger partial charge is 0.0813 e. The quantitative estimate of drug-likeness (QED) is 0.807. The van der Waals surface area contributed by atoms with Gasteiger partial charge in [-0.2, -0.15) is 0 Å². The Labute approximate surface area is 99.4 Å². The van der Waals surface area contributed by atoms with Crippen molar-refractivity contribution in [3.8, 4) is 0 Å². The fraction of sp³-hybridized carbons (Fsp3) is 0.500. The molecule has 0 spiro atoms. The first-order valence-corrected chi connectivity index (χ1v) is 6.02. The van der Waals surface area contributed by atoms with Crippen molar-refractivity contribution in [2.24, 2.45) is 0 Å². The summed E-state index contributed by atoms with van der Waals surface area (Å²) in [6.45, 7) is 3.20. The van der Waals surface area contributed by atoms with Gasteiger partial charge in [0.15, 0.2) is 0 Å². The lowest BCUT2D eigenvalue weighted by Crippen LogP contribution is -2.18. The third kappa shape index (κ3) is 5.30. The van der Waals surface area contributed by atoms with Crippen LogP contribution in [0.4, 0.5) is 0 Å². The SMILES string of the molecule is CCCOCC(O)Cc1ccc(Br)cc1. The summed E-state index contributed by atoms with van der Waals surface area (Å²) < 4.78 is 6.34. The molecular weight excluding hydrogens is 256 g/mol. The molecule has 0 saturated carbocycles. The van der Waals surface area contributed by atoms with E-state index in [-0.39, 0.29) is 0 Å². The summed E-state index contributed by atoms with van der Waals surface area (Å²) in [5, 5.41) is 9.66. The Morgan fingerprint density at radius 3 is 2.60 bits per heavy atom. The van der Waals surface area contributed by atoms with E-state index in [4.69, 9.17) is 4.74 Å². The molecule has 0 bridgehead atoms. The molecule has 0 amide bonds. The van der Waals surface area contributed by atoms with Crippen molar-refractivity contribution in [2.75, 3.05) is 13.2 Å². The van der Waals surface area contributed by atoms with E-state index >= 15 is 0 Å². The van der Waals surface area contributed by atoms with Gasteiger partial charge in [-0.25, -0.2) is 0 Å². The highest BCUT2D eigenvalue weighted by Crippen LogP contribution is 2.12. The summed E-state index contributed by atoms with van der Waals surface area (Å²) in [5.74, 6) is 0. The third-order valence-corrected chi connectivity index (χ3v) is 2.57. The molecule has 3 heteroatoms. The second-order valence-electron chi connectivity index (χ2n) is 3.56. The zero-order valence-corrected chi connectivity index (χ0v) is 10.5. The number of hydrogen-bond acceptors (Lipinski definition) is 2. The first kappa shape index (κ1) is 12.7. The van der Waals surface area contributed by atoms with E-state index in [2.05, 4.69) is 22.9 Å². The normalized spacial score (nSPS) is 12.7. The Balaban J connectivity index is 2.31. The van der Waals surface area contributed by atoms with Gasteiger partial charge >= 0.3 is 0 Å². The third-order valence-electron chi connectivity index (χ3n) is 2.04. The Morgan fingerprint density at radius 1 is 1.33 bits per heavy atom. The Morgan fingerprint density at radius 2 is 2.00 bits per heavy atom. The summed E-state index contributed by atoms with van der Waals surface area (Å²) in [6.07, 6.45) is 1.24. The van der Waals surface area contributed by atoms with Crippen molar-refractivity contribution < 1.29 is 9.84 Å². The Bertz CT molecular complexity index is 271.